The lowest BCUT2D eigenvalue weighted by Gasteiger charge is -2.15. The predicted molar refractivity (Wildman–Crippen MR) is 81.4 cm³/mol. The van der Waals surface area contributed by atoms with Crippen molar-refractivity contribution in [1.82, 2.24) is 24.7 Å². The van der Waals surface area contributed by atoms with E-state index in [0.717, 1.165) is 11.5 Å². The first-order valence-corrected chi connectivity index (χ1v) is 7.41. The van der Waals surface area contributed by atoms with Crippen LogP contribution in [0.3, 0.4) is 0 Å². The second kappa shape index (κ2) is 6.02. The fourth-order valence-electron chi connectivity index (χ4n) is 2.07. The normalized spacial score (nSPS) is 11.1. The average molecular weight is 301 g/mol. The summed E-state index contributed by atoms with van der Waals surface area (Å²) in [7, 11) is 1.95. The lowest BCUT2D eigenvalue weighted by molar-refractivity contribution is 0.239. The Balaban J connectivity index is 1.72. The third-order valence-electron chi connectivity index (χ3n) is 3.03. The molecule has 0 saturated carbocycles. The topological polar surface area (TPSA) is 56.0 Å². The Morgan fingerprint density at radius 3 is 2.67 bits per heavy atom. The van der Waals surface area contributed by atoms with E-state index in [0.29, 0.717) is 6.67 Å². The number of aromatic nitrogens is 4. The van der Waals surface area contributed by atoms with Gasteiger partial charge in [0, 0.05) is 6.54 Å². The molecule has 0 radical (unpaired) electrons. The highest BCUT2D eigenvalue weighted by Crippen LogP contribution is 2.10. The lowest BCUT2D eigenvalue weighted by Crippen LogP contribution is -2.31. The van der Waals surface area contributed by atoms with Crippen LogP contribution in [0.4, 0.5) is 0 Å². The van der Waals surface area contributed by atoms with Crippen molar-refractivity contribution in [2.75, 3.05) is 7.05 Å². The van der Waals surface area contributed by atoms with Crippen molar-refractivity contribution in [3.05, 3.63) is 63.9 Å². The standard InChI is InChI=1S/C14H15N5OS/c1-17(10-12-6-3-2-4-7-12)11-18-14(20)19(16-15-18)13-8-5-9-21-13/h2-9H,10-11H2,1H3. The van der Waals surface area contributed by atoms with Crippen molar-refractivity contribution in [3.8, 4) is 5.00 Å². The van der Waals surface area contributed by atoms with E-state index in [9.17, 15) is 4.79 Å². The minimum absolute atomic E-state index is 0.225. The molecule has 0 atom stereocenters. The van der Waals surface area contributed by atoms with E-state index >= 15 is 0 Å². The third-order valence-corrected chi connectivity index (χ3v) is 3.87. The summed E-state index contributed by atoms with van der Waals surface area (Å²) in [6.45, 7) is 1.15. The molecule has 108 valence electrons. The molecule has 0 amide bonds. The Morgan fingerprint density at radius 1 is 1.14 bits per heavy atom. The number of hydrogen-bond donors (Lipinski definition) is 0. The van der Waals surface area contributed by atoms with E-state index in [1.54, 1.807) is 0 Å². The van der Waals surface area contributed by atoms with Gasteiger partial charge in [-0.2, -0.15) is 9.36 Å². The van der Waals surface area contributed by atoms with E-state index in [1.807, 2.05) is 47.7 Å². The minimum Gasteiger partial charge on any atom is -0.283 e. The Labute approximate surface area is 125 Å². The lowest BCUT2D eigenvalue weighted by atomic mass is 10.2. The zero-order valence-electron chi connectivity index (χ0n) is 11.6. The molecule has 0 saturated heterocycles. The van der Waals surface area contributed by atoms with Crippen LogP contribution < -0.4 is 5.69 Å². The third kappa shape index (κ3) is 3.09. The van der Waals surface area contributed by atoms with Gasteiger partial charge >= 0.3 is 5.69 Å². The molecule has 3 aromatic rings. The maximum atomic E-state index is 12.2. The first kappa shape index (κ1) is 13.7. The summed E-state index contributed by atoms with van der Waals surface area (Å²) in [5.74, 6) is 0. The number of tetrazole rings is 1. The molecule has 0 fully saturated rings. The number of thiophene rings is 1. The predicted octanol–water partition coefficient (Wildman–Crippen LogP) is 1.58. The molecule has 0 aliphatic carbocycles. The highest BCUT2D eigenvalue weighted by atomic mass is 32.1. The van der Waals surface area contributed by atoms with Gasteiger partial charge < -0.3 is 0 Å². The molecule has 2 heterocycles. The van der Waals surface area contributed by atoms with Crippen molar-refractivity contribution in [2.45, 2.75) is 13.2 Å². The van der Waals surface area contributed by atoms with Gasteiger partial charge in [0.15, 0.2) is 0 Å². The van der Waals surface area contributed by atoms with Gasteiger partial charge in [0.2, 0.25) is 0 Å². The van der Waals surface area contributed by atoms with Gasteiger partial charge in [0.1, 0.15) is 11.7 Å². The molecule has 3 rings (SSSR count). The highest BCUT2D eigenvalue weighted by molar-refractivity contribution is 7.12. The molecule has 0 unspecified atom stereocenters. The van der Waals surface area contributed by atoms with Crippen LogP contribution in [0.15, 0.2) is 52.6 Å². The highest BCUT2D eigenvalue weighted by Gasteiger charge is 2.11. The van der Waals surface area contributed by atoms with Gasteiger partial charge in [-0.3, -0.25) is 4.90 Å². The molecular formula is C14H15N5OS. The SMILES string of the molecule is CN(Cc1ccccc1)Cn1nnn(-c2cccs2)c1=O. The number of hydrogen-bond acceptors (Lipinski definition) is 5. The van der Waals surface area contributed by atoms with Crippen LogP contribution in [0.25, 0.3) is 5.00 Å². The number of benzene rings is 1. The van der Waals surface area contributed by atoms with Crippen LogP contribution in [-0.4, -0.2) is 31.7 Å². The molecule has 0 spiro atoms. The second-order valence-corrected chi connectivity index (χ2v) is 5.69. The number of rotatable bonds is 5. The van der Waals surface area contributed by atoms with Gasteiger partial charge in [-0.15, -0.1) is 11.3 Å². The smallest absolute Gasteiger partial charge is 0.283 e. The summed E-state index contributed by atoms with van der Waals surface area (Å²) >= 11 is 1.46. The van der Waals surface area contributed by atoms with Crippen LogP contribution in [0.2, 0.25) is 0 Å². The van der Waals surface area contributed by atoms with Crippen molar-refractivity contribution < 1.29 is 0 Å². The van der Waals surface area contributed by atoms with Gasteiger partial charge in [-0.25, -0.2) is 4.79 Å². The monoisotopic (exact) mass is 301 g/mol. The Morgan fingerprint density at radius 2 is 1.95 bits per heavy atom. The van der Waals surface area contributed by atoms with Gasteiger partial charge in [0.05, 0.1) is 0 Å². The fraction of sp³-hybridized carbons (Fsp3) is 0.214. The second-order valence-electron chi connectivity index (χ2n) is 4.77. The molecule has 21 heavy (non-hydrogen) atoms. The summed E-state index contributed by atoms with van der Waals surface area (Å²) in [6.07, 6.45) is 0. The summed E-state index contributed by atoms with van der Waals surface area (Å²) < 4.78 is 2.68. The van der Waals surface area contributed by atoms with Crippen molar-refractivity contribution >= 4 is 11.3 Å². The first-order valence-electron chi connectivity index (χ1n) is 6.53. The zero-order chi connectivity index (χ0) is 14.7. The van der Waals surface area contributed by atoms with Gasteiger partial charge in [-0.1, -0.05) is 30.3 Å². The van der Waals surface area contributed by atoms with Crippen LogP contribution in [-0.2, 0) is 13.2 Å². The molecule has 2 aromatic heterocycles. The minimum atomic E-state index is -0.225. The van der Waals surface area contributed by atoms with Crippen LogP contribution in [0.5, 0.6) is 0 Å². The first-order chi connectivity index (χ1) is 10.2. The molecule has 0 N–H and O–H groups in total. The van der Waals surface area contributed by atoms with E-state index < -0.39 is 0 Å². The Bertz CT molecular complexity index is 747. The summed E-state index contributed by atoms with van der Waals surface area (Å²) in [4.78, 5) is 14.3. The van der Waals surface area contributed by atoms with Crippen molar-refractivity contribution in [3.63, 3.8) is 0 Å². The molecule has 0 aliphatic rings. The van der Waals surface area contributed by atoms with Crippen LogP contribution in [0, 0.1) is 0 Å². The van der Waals surface area contributed by atoms with E-state index in [1.165, 1.54) is 26.3 Å². The number of nitrogens with zero attached hydrogens (tertiary/aromatic N) is 5. The molecule has 6 nitrogen and oxygen atoms in total. The Hall–Kier alpha value is -2.25. The summed E-state index contributed by atoms with van der Waals surface area (Å²) in [6, 6.07) is 13.8. The van der Waals surface area contributed by atoms with Crippen LogP contribution in [0.1, 0.15) is 5.56 Å². The maximum absolute atomic E-state index is 12.2. The molecule has 0 aliphatic heterocycles. The molecule has 1 aromatic carbocycles. The summed E-state index contributed by atoms with van der Waals surface area (Å²) in [5, 5.41) is 10.5. The molecule has 7 heteroatoms. The van der Waals surface area contributed by atoms with Gasteiger partial charge in [-0.05, 0) is 40.6 Å². The zero-order valence-corrected chi connectivity index (χ0v) is 12.4. The molecular weight excluding hydrogens is 286 g/mol. The van der Waals surface area contributed by atoms with E-state index in [2.05, 4.69) is 22.6 Å². The maximum Gasteiger partial charge on any atom is 0.370 e. The largest absolute Gasteiger partial charge is 0.370 e. The summed E-state index contributed by atoms with van der Waals surface area (Å²) in [5.41, 5.74) is 0.969. The quantitative estimate of drug-likeness (QED) is 0.718. The van der Waals surface area contributed by atoms with Crippen LogP contribution >= 0.6 is 11.3 Å². The fourth-order valence-corrected chi connectivity index (χ4v) is 2.73. The molecule has 0 bridgehead atoms. The van der Waals surface area contributed by atoms with Crippen molar-refractivity contribution in [2.24, 2.45) is 0 Å². The average Bonchev–Trinajstić information content (AvgIpc) is 3.11. The van der Waals surface area contributed by atoms with Gasteiger partial charge in [0.25, 0.3) is 0 Å². The van der Waals surface area contributed by atoms with E-state index in [-0.39, 0.29) is 5.69 Å². The van der Waals surface area contributed by atoms with Crippen molar-refractivity contribution in [1.29, 1.82) is 0 Å². The van der Waals surface area contributed by atoms with E-state index in [4.69, 9.17) is 0 Å². The Kier molecular flexibility index (Phi) is 3.94.